The SMILES string of the molecule is COc1ccc(CC(=O)N2CCCC[C@@H]2c2cc(CN(C)C)n(C)n2)cc1F. The van der Waals surface area contributed by atoms with Crippen LogP contribution in [0.3, 0.4) is 0 Å². The van der Waals surface area contributed by atoms with Crippen LogP contribution in [0.4, 0.5) is 4.39 Å². The third-order valence-electron chi connectivity index (χ3n) is 5.21. The van der Waals surface area contributed by atoms with Crippen LogP contribution in [0.5, 0.6) is 5.75 Å². The number of rotatable bonds is 6. The largest absolute Gasteiger partial charge is 0.494 e. The van der Waals surface area contributed by atoms with Crippen LogP contribution in [0.25, 0.3) is 0 Å². The Kier molecular flexibility index (Phi) is 6.34. The lowest BCUT2D eigenvalue weighted by molar-refractivity contribution is -0.134. The lowest BCUT2D eigenvalue weighted by Gasteiger charge is -2.35. The minimum Gasteiger partial charge on any atom is -0.494 e. The molecule has 0 spiro atoms. The minimum atomic E-state index is -0.443. The van der Waals surface area contributed by atoms with Crippen LogP contribution in [0.2, 0.25) is 0 Å². The highest BCUT2D eigenvalue weighted by Gasteiger charge is 2.30. The van der Waals surface area contributed by atoms with Crippen molar-refractivity contribution in [3.63, 3.8) is 0 Å². The van der Waals surface area contributed by atoms with E-state index in [1.807, 2.05) is 30.7 Å². The molecule has 0 aliphatic carbocycles. The summed E-state index contributed by atoms with van der Waals surface area (Å²) in [5, 5.41) is 4.68. The molecule has 1 aromatic carbocycles. The first-order valence-corrected chi connectivity index (χ1v) is 9.68. The number of halogens is 1. The standard InChI is InChI=1S/C21H29FN4O2/c1-24(2)14-16-13-18(23-25(16)3)19-7-5-6-10-26(19)21(27)12-15-8-9-20(28-4)17(22)11-15/h8-9,11,13,19H,5-7,10,12,14H2,1-4H3/t19-/m1/s1. The summed E-state index contributed by atoms with van der Waals surface area (Å²) in [6, 6.07) is 6.77. The summed E-state index contributed by atoms with van der Waals surface area (Å²) in [7, 11) is 7.42. The normalized spacial score (nSPS) is 17.2. The van der Waals surface area contributed by atoms with Gasteiger partial charge in [-0.3, -0.25) is 9.48 Å². The molecule has 28 heavy (non-hydrogen) atoms. The number of piperidine rings is 1. The zero-order valence-electron chi connectivity index (χ0n) is 17.1. The van der Waals surface area contributed by atoms with Gasteiger partial charge in [-0.05, 0) is 57.1 Å². The van der Waals surface area contributed by atoms with E-state index in [-0.39, 0.29) is 24.1 Å². The molecule has 1 atom stereocenters. The van der Waals surface area contributed by atoms with Gasteiger partial charge in [0.1, 0.15) is 0 Å². The summed E-state index contributed by atoms with van der Waals surface area (Å²) >= 11 is 0. The first-order chi connectivity index (χ1) is 13.4. The number of carbonyl (C=O) groups excluding carboxylic acids is 1. The molecular weight excluding hydrogens is 359 g/mol. The Morgan fingerprint density at radius 1 is 1.32 bits per heavy atom. The van der Waals surface area contributed by atoms with Gasteiger partial charge in [-0.1, -0.05) is 6.07 Å². The topological polar surface area (TPSA) is 50.6 Å². The Morgan fingerprint density at radius 2 is 2.11 bits per heavy atom. The molecule has 1 fully saturated rings. The van der Waals surface area contributed by atoms with Crippen LogP contribution in [-0.4, -0.2) is 53.2 Å². The second-order valence-electron chi connectivity index (χ2n) is 7.67. The number of benzene rings is 1. The predicted octanol–water partition coefficient (Wildman–Crippen LogP) is 2.93. The first kappa shape index (κ1) is 20.3. The van der Waals surface area contributed by atoms with Crippen LogP contribution in [0, 0.1) is 5.82 Å². The molecule has 0 N–H and O–H groups in total. The second-order valence-corrected chi connectivity index (χ2v) is 7.67. The molecule has 0 radical (unpaired) electrons. The number of carbonyl (C=O) groups is 1. The quantitative estimate of drug-likeness (QED) is 0.764. The number of hydrogen-bond acceptors (Lipinski definition) is 4. The molecule has 6 nitrogen and oxygen atoms in total. The number of methoxy groups -OCH3 is 1. The molecule has 0 bridgehead atoms. The molecule has 2 aromatic rings. The summed E-state index contributed by atoms with van der Waals surface area (Å²) in [6.45, 7) is 1.51. The maximum Gasteiger partial charge on any atom is 0.227 e. The molecule has 3 rings (SSSR count). The number of amides is 1. The highest BCUT2D eigenvalue weighted by atomic mass is 19.1. The fourth-order valence-corrected chi connectivity index (χ4v) is 3.80. The monoisotopic (exact) mass is 388 g/mol. The van der Waals surface area contributed by atoms with E-state index in [9.17, 15) is 9.18 Å². The van der Waals surface area contributed by atoms with Gasteiger partial charge in [-0.25, -0.2) is 4.39 Å². The molecular formula is C21H29FN4O2. The molecule has 1 saturated heterocycles. The smallest absolute Gasteiger partial charge is 0.227 e. The Bertz CT molecular complexity index is 834. The van der Waals surface area contributed by atoms with Gasteiger partial charge >= 0.3 is 0 Å². The molecule has 7 heteroatoms. The van der Waals surface area contributed by atoms with E-state index in [4.69, 9.17) is 4.74 Å². The lowest BCUT2D eigenvalue weighted by atomic mass is 9.98. The number of ether oxygens (including phenoxy) is 1. The number of likely N-dealkylation sites (tertiary alicyclic amines) is 1. The Morgan fingerprint density at radius 3 is 2.79 bits per heavy atom. The van der Waals surface area contributed by atoms with E-state index in [0.29, 0.717) is 12.1 Å². The highest BCUT2D eigenvalue weighted by Crippen LogP contribution is 2.31. The molecule has 0 saturated carbocycles. The van der Waals surface area contributed by atoms with E-state index < -0.39 is 5.82 Å². The van der Waals surface area contributed by atoms with Gasteiger partial charge in [0.05, 0.1) is 31.0 Å². The summed E-state index contributed by atoms with van der Waals surface area (Å²) in [6.07, 6.45) is 3.14. The van der Waals surface area contributed by atoms with Crippen molar-refractivity contribution in [3.05, 3.63) is 47.0 Å². The number of aryl methyl sites for hydroxylation is 1. The zero-order valence-corrected chi connectivity index (χ0v) is 17.1. The highest BCUT2D eigenvalue weighted by molar-refractivity contribution is 5.79. The summed E-state index contributed by atoms with van der Waals surface area (Å²) < 4.78 is 20.8. The van der Waals surface area contributed by atoms with Crippen molar-refractivity contribution in [2.45, 2.75) is 38.3 Å². The molecule has 1 aliphatic heterocycles. The summed E-state index contributed by atoms with van der Waals surface area (Å²) in [5.74, 6) is -0.246. The molecule has 1 amide bonds. The van der Waals surface area contributed by atoms with Crippen molar-refractivity contribution in [2.75, 3.05) is 27.7 Å². The van der Waals surface area contributed by atoms with E-state index in [1.54, 1.807) is 12.1 Å². The van der Waals surface area contributed by atoms with Crippen molar-refractivity contribution in [2.24, 2.45) is 7.05 Å². The van der Waals surface area contributed by atoms with Crippen LogP contribution < -0.4 is 4.74 Å². The fourth-order valence-electron chi connectivity index (χ4n) is 3.80. The number of nitrogens with zero attached hydrogens (tertiary/aromatic N) is 4. The third kappa shape index (κ3) is 4.52. The average molecular weight is 388 g/mol. The molecule has 0 unspecified atom stereocenters. The number of aromatic nitrogens is 2. The van der Waals surface area contributed by atoms with Gasteiger partial charge < -0.3 is 14.5 Å². The third-order valence-corrected chi connectivity index (χ3v) is 5.21. The van der Waals surface area contributed by atoms with Crippen LogP contribution in [-0.2, 0) is 24.8 Å². The van der Waals surface area contributed by atoms with Gasteiger partial charge in [0.2, 0.25) is 5.91 Å². The molecule has 2 heterocycles. The summed E-state index contributed by atoms with van der Waals surface area (Å²) in [4.78, 5) is 17.0. The van der Waals surface area contributed by atoms with Crippen molar-refractivity contribution >= 4 is 5.91 Å². The van der Waals surface area contributed by atoms with Crippen LogP contribution in [0.15, 0.2) is 24.3 Å². The molecule has 152 valence electrons. The maximum atomic E-state index is 14.0. The number of hydrogen-bond donors (Lipinski definition) is 0. The van der Waals surface area contributed by atoms with Gasteiger partial charge in [0, 0.05) is 20.1 Å². The van der Waals surface area contributed by atoms with E-state index >= 15 is 0 Å². The van der Waals surface area contributed by atoms with Crippen LogP contribution >= 0.6 is 0 Å². The molecule has 1 aromatic heterocycles. The lowest BCUT2D eigenvalue weighted by Crippen LogP contribution is -2.39. The van der Waals surface area contributed by atoms with Crippen molar-refractivity contribution in [1.29, 1.82) is 0 Å². The Hall–Kier alpha value is -2.41. The van der Waals surface area contributed by atoms with Crippen molar-refractivity contribution in [1.82, 2.24) is 19.6 Å². The van der Waals surface area contributed by atoms with E-state index in [0.717, 1.165) is 37.2 Å². The first-order valence-electron chi connectivity index (χ1n) is 9.68. The van der Waals surface area contributed by atoms with Gasteiger partial charge in [-0.15, -0.1) is 0 Å². The second kappa shape index (κ2) is 8.73. The minimum absolute atomic E-state index is 0.00841. The summed E-state index contributed by atoms with van der Waals surface area (Å²) in [5.41, 5.74) is 2.71. The van der Waals surface area contributed by atoms with E-state index in [2.05, 4.69) is 16.1 Å². The Balaban J connectivity index is 1.77. The average Bonchev–Trinajstić information content (AvgIpc) is 3.01. The Labute approximate surface area is 165 Å². The van der Waals surface area contributed by atoms with Crippen molar-refractivity contribution in [3.8, 4) is 5.75 Å². The zero-order chi connectivity index (χ0) is 20.3. The predicted molar refractivity (Wildman–Crippen MR) is 106 cm³/mol. The van der Waals surface area contributed by atoms with E-state index in [1.165, 1.54) is 13.2 Å². The van der Waals surface area contributed by atoms with Gasteiger partial charge in [-0.2, -0.15) is 5.10 Å². The van der Waals surface area contributed by atoms with Gasteiger partial charge in [0.25, 0.3) is 0 Å². The molecule has 1 aliphatic rings. The fraction of sp³-hybridized carbons (Fsp3) is 0.524. The maximum absolute atomic E-state index is 14.0. The van der Waals surface area contributed by atoms with Gasteiger partial charge in [0.15, 0.2) is 11.6 Å². The van der Waals surface area contributed by atoms with Crippen molar-refractivity contribution < 1.29 is 13.9 Å². The van der Waals surface area contributed by atoms with Crippen LogP contribution in [0.1, 0.15) is 42.3 Å².